The van der Waals surface area contributed by atoms with Gasteiger partial charge in [-0.3, -0.25) is 0 Å². The summed E-state index contributed by atoms with van der Waals surface area (Å²) in [6.45, 7) is 6.88. The summed E-state index contributed by atoms with van der Waals surface area (Å²) in [5.41, 5.74) is 6.64. The molecule has 0 amide bonds. The fraction of sp³-hybridized carbons (Fsp3) is 0.727. The van der Waals surface area contributed by atoms with Crippen molar-refractivity contribution in [3.8, 4) is 0 Å². The van der Waals surface area contributed by atoms with Gasteiger partial charge in [0.25, 0.3) is 0 Å². The molecule has 1 aliphatic carbocycles. The molecule has 0 spiro atoms. The Morgan fingerprint density at radius 3 is 2.23 bits per heavy atom. The topological polar surface area (TPSA) is 0 Å². The van der Waals surface area contributed by atoms with Crippen molar-refractivity contribution in [2.24, 2.45) is 5.92 Å². The van der Waals surface area contributed by atoms with Crippen molar-refractivity contribution < 1.29 is 18.9 Å². The molecule has 0 saturated heterocycles. The number of allylic oxidation sites excluding steroid dienone is 1. The zero-order chi connectivity index (χ0) is 9.03. The van der Waals surface area contributed by atoms with Crippen LogP contribution < -0.4 is 18.9 Å². The van der Waals surface area contributed by atoms with Gasteiger partial charge >= 0.3 is 18.9 Å². The van der Waals surface area contributed by atoms with Crippen molar-refractivity contribution in [1.29, 1.82) is 0 Å². The van der Waals surface area contributed by atoms with Crippen LogP contribution in [0.3, 0.4) is 0 Å². The zero-order valence-electron chi connectivity index (χ0n) is 9.48. The Bertz CT molecular complexity index is 191. The van der Waals surface area contributed by atoms with Crippen LogP contribution in [0.2, 0.25) is 19.6 Å². The van der Waals surface area contributed by atoms with E-state index in [9.17, 15) is 0 Å². The molecule has 0 unspecified atom stereocenters. The second-order valence-electron chi connectivity index (χ2n) is 4.73. The standard InChI is InChI=1S/C11H19Si.Li/c1-12(2,3)10-6-9-11-7-4-5-8-11;/h9,11H,4-5,7-8H2,1-3H3;/q-1;+1. The van der Waals surface area contributed by atoms with Crippen molar-refractivity contribution in [3.63, 3.8) is 0 Å². The summed E-state index contributed by atoms with van der Waals surface area (Å²) in [5, 5.41) is 0. The first-order valence-corrected chi connectivity index (χ1v) is 8.44. The van der Waals surface area contributed by atoms with Crippen LogP contribution in [0.4, 0.5) is 0 Å². The minimum absolute atomic E-state index is 0. The van der Waals surface area contributed by atoms with Crippen LogP contribution in [0.1, 0.15) is 25.7 Å². The minimum atomic E-state index is -1.12. The SMILES string of the molecule is C[Si](C)(C)[C-]=C=CC1CCCC1.[Li+]. The third kappa shape index (κ3) is 6.41. The first kappa shape index (κ1) is 13.3. The normalized spacial score (nSPS) is 17.5. The van der Waals surface area contributed by atoms with Gasteiger partial charge in [-0.1, -0.05) is 51.2 Å². The first-order valence-electron chi connectivity index (χ1n) is 4.94. The predicted octanol–water partition coefficient (Wildman–Crippen LogP) is 0.572. The molecule has 13 heavy (non-hydrogen) atoms. The third-order valence-corrected chi connectivity index (χ3v) is 3.06. The van der Waals surface area contributed by atoms with E-state index in [0.29, 0.717) is 0 Å². The third-order valence-electron chi connectivity index (χ3n) is 2.17. The molecule has 0 N–H and O–H groups in total. The van der Waals surface area contributed by atoms with Gasteiger partial charge in [0, 0.05) is 0 Å². The quantitative estimate of drug-likeness (QED) is 0.336. The smallest absolute Gasteiger partial charge is 0.337 e. The monoisotopic (exact) mass is 186 g/mol. The van der Waals surface area contributed by atoms with E-state index in [1.807, 2.05) is 0 Å². The average Bonchev–Trinajstić information content (AvgIpc) is 2.36. The summed E-state index contributed by atoms with van der Waals surface area (Å²) in [6, 6.07) is 0. The van der Waals surface area contributed by atoms with Crippen LogP contribution in [-0.2, 0) is 0 Å². The van der Waals surface area contributed by atoms with E-state index in [2.05, 4.69) is 37.1 Å². The van der Waals surface area contributed by atoms with Crippen LogP contribution in [0.5, 0.6) is 0 Å². The van der Waals surface area contributed by atoms with Gasteiger partial charge in [0.2, 0.25) is 0 Å². The molecule has 1 fully saturated rings. The van der Waals surface area contributed by atoms with Gasteiger partial charge in [0.1, 0.15) is 0 Å². The molecule has 0 aromatic rings. The molecule has 0 aromatic heterocycles. The van der Waals surface area contributed by atoms with Crippen molar-refractivity contribution >= 4 is 8.07 Å². The van der Waals surface area contributed by atoms with Gasteiger partial charge in [0.05, 0.1) is 0 Å². The molecule has 0 aliphatic heterocycles. The van der Waals surface area contributed by atoms with Gasteiger partial charge < -0.3 is 5.73 Å². The fourth-order valence-electron chi connectivity index (χ4n) is 1.50. The van der Waals surface area contributed by atoms with E-state index in [0.717, 1.165) is 5.92 Å². The van der Waals surface area contributed by atoms with Crippen molar-refractivity contribution in [2.75, 3.05) is 0 Å². The Balaban J connectivity index is 0.00000144. The van der Waals surface area contributed by atoms with E-state index in [4.69, 9.17) is 0 Å². The molecular weight excluding hydrogens is 167 g/mol. The van der Waals surface area contributed by atoms with Crippen molar-refractivity contribution in [3.05, 3.63) is 17.5 Å². The molecular formula is C11H19LiSi. The van der Waals surface area contributed by atoms with E-state index in [1.54, 1.807) is 0 Å². The molecule has 1 saturated carbocycles. The first-order chi connectivity index (χ1) is 5.58. The molecule has 1 rings (SSSR count). The van der Waals surface area contributed by atoms with Gasteiger partial charge in [-0.2, -0.15) is 6.08 Å². The van der Waals surface area contributed by atoms with Crippen molar-refractivity contribution in [1.82, 2.24) is 0 Å². The molecule has 0 radical (unpaired) electrons. The number of hydrogen-bond donors (Lipinski definition) is 0. The van der Waals surface area contributed by atoms with Gasteiger partial charge in [-0.15, -0.1) is 0 Å². The van der Waals surface area contributed by atoms with E-state index in [1.165, 1.54) is 25.7 Å². The maximum absolute atomic E-state index is 3.38. The molecule has 0 nitrogen and oxygen atoms in total. The second-order valence-corrected chi connectivity index (χ2v) is 9.48. The maximum atomic E-state index is 3.38. The predicted molar refractivity (Wildman–Crippen MR) is 56.6 cm³/mol. The largest absolute Gasteiger partial charge is 1.00 e. The Kier molecular flexibility index (Phi) is 6.09. The number of hydrogen-bond acceptors (Lipinski definition) is 0. The van der Waals surface area contributed by atoms with E-state index >= 15 is 0 Å². The molecule has 0 heterocycles. The Hall–Kier alpha value is 0.334. The zero-order valence-corrected chi connectivity index (χ0v) is 10.5. The number of rotatable bonds is 2. The van der Waals surface area contributed by atoms with Crippen LogP contribution in [0, 0.1) is 11.6 Å². The average molecular weight is 186 g/mol. The van der Waals surface area contributed by atoms with Crippen LogP contribution in [0.25, 0.3) is 0 Å². The van der Waals surface area contributed by atoms with Gasteiger partial charge in [-0.25, -0.2) is 5.70 Å². The summed E-state index contributed by atoms with van der Waals surface area (Å²) in [4.78, 5) is 0. The van der Waals surface area contributed by atoms with E-state index in [-0.39, 0.29) is 18.9 Å². The Labute approximate surface area is 95.7 Å². The fourth-order valence-corrected chi connectivity index (χ4v) is 2.02. The molecule has 68 valence electrons. The van der Waals surface area contributed by atoms with E-state index < -0.39 is 8.07 Å². The Morgan fingerprint density at radius 2 is 1.77 bits per heavy atom. The van der Waals surface area contributed by atoms with Crippen LogP contribution in [0.15, 0.2) is 11.8 Å². The summed E-state index contributed by atoms with van der Waals surface area (Å²) in [5.74, 6) is 0.814. The molecule has 0 bridgehead atoms. The molecule has 2 heteroatoms. The molecule has 0 atom stereocenters. The van der Waals surface area contributed by atoms with Gasteiger partial charge in [-0.05, 0) is 8.07 Å². The second kappa shape index (κ2) is 5.94. The minimum Gasteiger partial charge on any atom is -0.337 e. The molecule has 0 aromatic carbocycles. The molecule has 1 aliphatic rings. The summed E-state index contributed by atoms with van der Waals surface area (Å²) in [6.07, 6.45) is 7.82. The maximum Gasteiger partial charge on any atom is 1.00 e. The summed E-state index contributed by atoms with van der Waals surface area (Å²) >= 11 is 0. The Morgan fingerprint density at radius 1 is 1.23 bits per heavy atom. The van der Waals surface area contributed by atoms with Crippen molar-refractivity contribution in [2.45, 2.75) is 45.3 Å². The summed E-state index contributed by atoms with van der Waals surface area (Å²) < 4.78 is 0. The van der Waals surface area contributed by atoms with Crippen LogP contribution >= 0.6 is 0 Å². The summed E-state index contributed by atoms with van der Waals surface area (Å²) in [7, 11) is -1.12. The van der Waals surface area contributed by atoms with Gasteiger partial charge in [0.15, 0.2) is 0 Å². The van der Waals surface area contributed by atoms with Crippen LogP contribution in [-0.4, -0.2) is 8.07 Å².